The molecule has 7 heteroatoms. The second-order valence-electron chi connectivity index (χ2n) is 7.95. The predicted octanol–water partition coefficient (Wildman–Crippen LogP) is 2.31. The van der Waals surface area contributed by atoms with Gasteiger partial charge in [0, 0.05) is 61.5 Å². The molecule has 0 radical (unpaired) electrons. The van der Waals surface area contributed by atoms with E-state index >= 15 is 0 Å². The van der Waals surface area contributed by atoms with Crippen LogP contribution in [0.5, 0.6) is 0 Å². The fourth-order valence-corrected chi connectivity index (χ4v) is 4.11. The lowest BCUT2D eigenvalue weighted by molar-refractivity contribution is 0.0704. The van der Waals surface area contributed by atoms with Crippen LogP contribution in [0.1, 0.15) is 34.9 Å². The van der Waals surface area contributed by atoms with Crippen molar-refractivity contribution in [3.63, 3.8) is 0 Å². The monoisotopic (exact) mass is 393 g/mol. The van der Waals surface area contributed by atoms with E-state index in [9.17, 15) is 9.59 Å². The average molecular weight is 393 g/mol. The maximum absolute atomic E-state index is 13.3. The van der Waals surface area contributed by atoms with Crippen molar-refractivity contribution < 1.29 is 4.79 Å². The Labute approximate surface area is 170 Å². The maximum atomic E-state index is 13.3. The summed E-state index contributed by atoms with van der Waals surface area (Å²) in [5, 5.41) is 1.25. The molecule has 1 atom stereocenters. The zero-order valence-corrected chi connectivity index (χ0v) is 17.0. The summed E-state index contributed by atoms with van der Waals surface area (Å²) < 4.78 is 2.20. The van der Waals surface area contributed by atoms with E-state index in [2.05, 4.69) is 33.5 Å². The SMILES string of the molecule is CN(C)CCn1ccnc1[C@H]1CCCN(C(=O)c2c[nH]c(=O)c3ccccc23)C1. The molecule has 0 unspecified atom stereocenters. The number of aromatic amines is 1. The second-order valence-corrected chi connectivity index (χ2v) is 7.95. The molecular formula is C22H27N5O2. The van der Waals surface area contributed by atoms with Crippen molar-refractivity contribution in [2.75, 3.05) is 33.7 Å². The molecule has 29 heavy (non-hydrogen) atoms. The number of carbonyl (C=O) groups excluding carboxylic acids is 1. The molecule has 2 aromatic heterocycles. The minimum Gasteiger partial charge on any atom is -0.338 e. The molecule has 152 valence electrons. The number of likely N-dealkylation sites (N-methyl/N-ethyl adjacent to an activating group) is 1. The van der Waals surface area contributed by atoms with E-state index in [1.807, 2.05) is 35.5 Å². The average Bonchev–Trinajstić information content (AvgIpc) is 3.21. The Bertz CT molecular complexity index is 1070. The van der Waals surface area contributed by atoms with Gasteiger partial charge in [-0.2, -0.15) is 0 Å². The number of aromatic nitrogens is 3. The summed E-state index contributed by atoms with van der Waals surface area (Å²) in [6.07, 6.45) is 7.39. The lowest BCUT2D eigenvalue weighted by Crippen LogP contribution is -2.40. The number of piperidine rings is 1. The lowest BCUT2D eigenvalue weighted by atomic mass is 9.96. The molecular weight excluding hydrogens is 366 g/mol. The molecule has 1 fully saturated rings. The van der Waals surface area contributed by atoms with Gasteiger partial charge in [0.15, 0.2) is 0 Å². The first-order chi connectivity index (χ1) is 14.0. The fourth-order valence-electron chi connectivity index (χ4n) is 4.11. The highest BCUT2D eigenvalue weighted by atomic mass is 16.2. The van der Waals surface area contributed by atoms with Gasteiger partial charge in [-0.1, -0.05) is 18.2 Å². The molecule has 0 saturated carbocycles. The third-order valence-corrected chi connectivity index (χ3v) is 5.65. The van der Waals surface area contributed by atoms with Crippen LogP contribution in [0.25, 0.3) is 10.8 Å². The number of nitrogens with zero attached hydrogens (tertiary/aromatic N) is 4. The first-order valence-corrected chi connectivity index (χ1v) is 10.1. The predicted molar refractivity (Wildman–Crippen MR) is 113 cm³/mol. The molecule has 1 aliphatic rings. The molecule has 4 rings (SSSR count). The zero-order valence-electron chi connectivity index (χ0n) is 17.0. The summed E-state index contributed by atoms with van der Waals surface area (Å²) in [6, 6.07) is 7.27. The van der Waals surface area contributed by atoms with Gasteiger partial charge < -0.3 is 19.4 Å². The number of H-pyrrole nitrogens is 1. The van der Waals surface area contributed by atoms with E-state index in [1.54, 1.807) is 12.3 Å². The number of nitrogens with one attached hydrogen (secondary N) is 1. The molecule has 1 aromatic carbocycles. The van der Waals surface area contributed by atoms with Gasteiger partial charge in [-0.25, -0.2) is 4.98 Å². The van der Waals surface area contributed by atoms with Crippen LogP contribution in [0.2, 0.25) is 0 Å². The molecule has 1 N–H and O–H groups in total. The highest BCUT2D eigenvalue weighted by molar-refractivity contribution is 6.06. The largest absolute Gasteiger partial charge is 0.338 e. The Morgan fingerprint density at radius 2 is 2.07 bits per heavy atom. The number of hydrogen-bond acceptors (Lipinski definition) is 4. The minimum absolute atomic E-state index is 0.0338. The number of amides is 1. The number of benzene rings is 1. The first kappa shape index (κ1) is 19.4. The first-order valence-electron chi connectivity index (χ1n) is 10.1. The number of carbonyl (C=O) groups is 1. The summed E-state index contributed by atoms with van der Waals surface area (Å²) in [5.74, 6) is 1.24. The van der Waals surface area contributed by atoms with Crippen LogP contribution >= 0.6 is 0 Å². The smallest absolute Gasteiger partial charge is 0.255 e. The van der Waals surface area contributed by atoms with Gasteiger partial charge in [0.2, 0.25) is 0 Å². The van der Waals surface area contributed by atoms with Crippen LogP contribution in [0.3, 0.4) is 0 Å². The third-order valence-electron chi connectivity index (χ3n) is 5.65. The minimum atomic E-state index is -0.170. The van der Waals surface area contributed by atoms with Crippen molar-refractivity contribution in [1.82, 2.24) is 24.3 Å². The summed E-state index contributed by atoms with van der Waals surface area (Å²) in [5.41, 5.74) is 0.383. The van der Waals surface area contributed by atoms with Gasteiger partial charge in [-0.05, 0) is 33.0 Å². The van der Waals surface area contributed by atoms with Crippen molar-refractivity contribution in [3.8, 4) is 0 Å². The van der Waals surface area contributed by atoms with Gasteiger partial charge in [0.05, 0.1) is 5.56 Å². The van der Waals surface area contributed by atoms with E-state index in [-0.39, 0.29) is 17.4 Å². The summed E-state index contributed by atoms with van der Waals surface area (Å²) in [7, 11) is 4.12. The van der Waals surface area contributed by atoms with Crippen molar-refractivity contribution in [2.24, 2.45) is 0 Å². The topological polar surface area (TPSA) is 74.2 Å². The third kappa shape index (κ3) is 3.96. The van der Waals surface area contributed by atoms with E-state index in [0.717, 1.165) is 38.3 Å². The van der Waals surface area contributed by atoms with Gasteiger partial charge in [0.25, 0.3) is 11.5 Å². The Morgan fingerprint density at radius 3 is 2.86 bits per heavy atom. The second kappa shape index (κ2) is 8.21. The lowest BCUT2D eigenvalue weighted by Gasteiger charge is -2.33. The molecule has 0 bridgehead atoms. The van der Waals surface area contributed by atoms with Crippen molar-refractivity contribution in [2.45, 2.75) is 25.3 Å². The van der Waals surface area contributed by atoms with Gasteiger partial charge >= 0.3 is 0 Å². The van der Waals surface area contributed by atoms with Gasteiger partial charge in [-0.15, -0.1) is 0 Å². The summed E-state index contributed by atoms with van der Waals surface area (Å²) in [4.78, 5) is 36.8. The quantitative estimate of drug-likeness (QED) is 0.722. The van der Waals surface area contributed by atoms with Gasteiger partial charge in [-0.3, -0.25) is 9.59 Å². The highest BCUT2D eigenvalue weighted by Gasteiger charge is 2.29. The molecule has 3 heterocycles. The zero-order chi connectivity index (χ0) is 20.4. The number of rotatable bonds is 5. The molecule has 1 amide bonds. The molecule has 3 aromatic rings. The molecule has 7 nitrogen and oxygen atoms in total. The summed E-state index contributed by atoms with van der Waals surface area (Å²) in [6.45, 7) is 3.20. The van der Waals surface area contributed by atoms with E-state index in [4.69, 9.17) is 0 Å². The standard InChI is InChI=1S/C22H27N5O2/c1-25(2)12-13-26-11-9-23-20(26)16-6-5-10-27(15-16)22(29)19-14-24-21(28)18-8-4-3-7-17(18)19/h3-4,7-9,11,14,16H,5-6,10,12-13,15H2,1-2H3,(H,24,28)/t16-/m0/s1. The van der Waals surface area contributed by atoms with E-state index in [0.29, 0.717) is 22.9 Å². The summed E-state index contributed by atoms with van der Waals surface area (Å²) >= 11 is 0. The molecule has 0 aliphatic carbocycles. The van der Waals surface area contributed by atoms with E-state index in [1.165, 1.54) is 0 Å². The van der Waals surface area contributed by atoms with Crippen molar-refractivity contribution in [3.05, 3.63) is 64.6 Å². The molecule has 1 saturated heterocycles. The molecule has 1 aliphatic heterocycles. The van der Waals surface area contributed by atoms with Crippen LogP contribution in [-0.4, -0.2) is 64.0 Å². The van der Waals surface area contributed by atoms with Crippen LogP contribution in [0, 0.1) is 0 Å². The number of pyridine rings is 1. The Kier molecular flexibility index (Phi) is 5.49. The Hall–Kier alpha value is -2.93. The number of imidazole rings is 1. The van der Waals surface area contributed by atoms with Crippen LogP contribution < -0.4 is 5.56 Å². The van der Waals surface area contributed by atoms with Crippen molar-refractivity contribution >= 4 is 16.7 Å². The van der Waals surface area contributed by atoms with Crippen LogP contribution in [0.15, 0.2) is 47.7 Å². The Balaban J connectivity index is 1.57. The number of likely N-dealkylation sites (tertiary alicyclic amines) is 1. The van der Waals surface area contributed by atoms with Gasteiger partial charge in [0.1, 0.15) is 5.82 Å². The fraction of sp³-hybridized carbons (Fsp3) is 0.409. The van der Waals surface area contributed by atoms with Crippen LogP contribution in [-0.2, 0) is 6.54 Å². The van der Waals surface area contributed by atoms with Crippen molar-refractivity contribution in [1.29, 1.82) is 0 Å². The highest BCUT2D eigenvalue weighted by Crippen LogP contribution is 2.27. The normalized spacial score (nSPS) is 17.2. The van der Waals surface area contributed by atoms with E-state index < -0.39 is 0 Å². The maximum Gasteiger partial charge on any atom is 0.255 e. The van der Waals surface area contributed by atoms with Crippen LogP contribution in [0.4, 0.5) is 0 Å². The Morgan fingerprint density at radius 1 is 1.28 bits per heavy atom. The number of hydrogen-bond donors (Lipinski definition) is 1. The molecule has 0 spiro atoms. The number of fused-ring (bicyclic) bond motifs is 1.